The van der Waals surface area contributed by atoms with Crippen molar-refractivity contribution in [3.8, 4) is 0 Å². The second-order valence-corrected chi connectivity index (χ2v) is 9.33. The van der Waals surface area contributed by atoms with Gasteiger partial charge >= 0.3 is 10.2 Å². The summed E-state index contributed by atoms with van der Waals surface area (Å²) in [6.07, 6.45) is 0. The minimum atomic E-state index is -4.17. The molecule has 11 heteroatoms. The lowest BCUT2D eigenvalue weighted by Gasteiger charge is -2.36. The van der Waals surface area contributed by atoms with Gasteiger partial charge in [0.2, 0.25) is 0 Å². The first-order valence-electron chi connectivity index (χ1n) is 9.63. The fraction of sp³-hybridized carbons (Fsp3) is 0.400. The predicted octanol–water partition coefficient (Wildman–Crippen LogP) is 3.69. The molecule has 31 heavy (non-hydrogen) atoms. The zero-order chi connectivity index (χ0) is 20.8. The zero-order valence-electron chi connectivity index (χ0n) is 17.2. The van der Waals surface area contributed by atoms with Crippen LogP contribution in [0.3, 0.4) is 0 Å². The van der Waals surface area contributed by atoms with Crippen molar-refractivity contribution in [1.29, 1.82) is 0 Å². The van der Waals surface area contributed by atoms with Crippen molar-refractivity contribution in [2.75, 3.05) is 34.8 Å². The molecular formula is C20H26Cl2F2N4O2S. The minimum Gasteiger partial charge on any atom is -0.309 e. The summed E-state index contributed by atoms with van der Waals surface area (Å²) in [5.41, 5.74) is -0.0320. The zero-order valence-corrected chi connectivity index (χ0v) is 19.6. The normalized spacial score (nSPS) is 22.5. The number of nitrogens with zero attached hydrogens (tertiary/aromatic N) is 3. The molecule has 0 saturated carbocycles. The van der Waals surface area contributed by atoms with Crippen LogP contribution in [-0.2, 0) is 10.2 Å². The van der Waals surface area contributed by atoms with Crippen LogP contribution in [0.15, 0.2) is 42.5 Å². The lowest BCUT2D eigenvalue weighted by atomic mass is 10.1. The van der Waals surface area contributed by atoms with Gasteiger partial charge in [-0.3, -0.25) is 4.90 Å². The van der Waals surface area contributed by atoms with Gasteiger partial charge in [-0.25, -0.2) is 17.4 Å². The van der Waals surface area contributed by atoms with Gasteiger partial charge in [0.05, 0.1) is 11.4 Å². The number of piperazine rings is 1. The molecule has 0 radical (unpaired) electrons. The second kappa shape index (κ2) is 9.87. The Labute approximate surface area is 194 Å². The summed E-state index contributed by atoms with van der Waals surface area (Å²) in [5.74, 6) is -1.33. The Morgan fingerprint density at radius 1 is 0.903 bits per heavy atom. The fourth-order valence-corrected chi connectivity index (χ4v) is 5.92. The quantitative estimate of drug-likeness (QED) is 0.703. The SMILES string of the molecule is C[C@@H]1CN(CCN2c3c(F)cccc3N(c3ccccc3F)S2(=O)=O)C[C@H](C)N1.Cl.Cl. The molecule has 2 aromatic rings. The molecule has 2 heterocycles. The fourth-order valence-electron chi connectivity index (χ4n) is 4.21. The number of fused-ring (bicyclic) bond motifs is 1. The van der Waals surface area contributed by atoms with E-state index in [9.17, 15) is 17.2 Å². The first-order chi connectivity index (χ1) is 13.8. The van der Waals surface area contributed by atoms with E-state index in [2.05, 4.69) is 24.1 Å². The van der Waals surface area contributed by atoms with E-state index in [4.69, 9.17) is 0 Å². The van der Waals surface area contributed by atoms with Crippen LogP contribution in [-0.4, -0.2) is 51.6 Å². The molecule has 2 atom stereocenters. The summed E-state index contributed by atoms with van der Waals surface area (Å²) >= 11 is 0. The molecule has 0 unspecified atom stereocenters. The molecule has 0 amide bonds. The Balaban J connectivity index is 0.00000171. The Bertz CT molecular complexity index is 1020. The van der Waals surface area contributed by atoms with Gasteiger partial charge in [-0.2, -0.15) is 8.42 Å². The maximum absolute atomic E-state index is 14.7. The van der Waals surface area contributed by atoms with Gasteiger partial charge in [-0.05, 0) is 38.1 Å². The molecule has 172 valence electrons. The van der Waals surface area contributed by atoms with Crippen LogP contribution in [0.1, 0.15) is 13.8 Å². The minimum absolute atomic E-state index is 0. The van der Waals surface area contributed by atoms with Crippen molar-refractivity contribution in [3.63, 3.8) is 0 Å². The molecule has 0 bridgehead atoms. The molecule has 0 spiro atoms. The molecule has 2 aromatic carbocycles. The standard InChI is InChI=1S/C20H24F2N4O2S.2ClH/c1-14-12-24(13-15(2)23-14)10-11-25-20-17(22)7-5-9-19(20)26(29(25,27)28)18-8-4-3-6-16(18)21;;/h3-9,14-15,23H,10-13H2,1-2H3;2*1H/t14-,15+;;. The van der Waals surface area contributed by atoms with Crippen LogP contribution in [0.25, 0.3) is 0 Å². The highest BCUT2D eigenvalue weighted by Gasteiger charge is 2.44. The molecule has 4 rings (SSSR count). The van der Waals surface area contributed by atoms with Gasteiger partial charge in [0.1, 0.15) is 17.3 Å². The summed E-state index contributed by atoms with van der Waals surface area (Å²) in [7, 11) is -4.17. The molecule has 6 nitrogen and oxygen atoms in total. The average Bonchev–Trinajstić information content (AvgIpc) is 2.87. The Kier molecular flexibility index (Phi) is 8.15. The number of nitrogens with one attached hydrogen (secondary N) is 1. The number of hydrogen-bond donors (Lipinski definition) is 1. The maximum Gasteiger partial charge on any atom is 0.331 e. The molecule has 2 aliphatic heterocycles. The van der Waals surface area contributed by atoms with E-state index in [1.165, 1.54) is 36.4 Å². The lowest BCUT2D eigenvalue weighted by Crippen LogP contribution is -2.55. The van der Waals surface area contributed by atoms with E-state index < -0.39 is 21.8 Å². The Morgan fingerprint density at radius 3 is 2.13 bits per heavy atom. The van der Waals surface area contributed by atoms with E-state index in [0.29, 0.717) is 6.54 Å². The van der Waals surface area contributed by atoms with E-state index >= 15 is 0 Å². The molecule has 1 N–H and O–H groups in total. The first kappa shape index (κ1) is 25.6. The largest absolute Gasteiger partial charge is 0.331 e. The van der Waals surface area contributed by atoms with Crippen molar-refractivity contribution in [2.45, 2.75) is 25.9 Å². The Morgan fingerprint density at radius 2 is 1.48 bits per heavy atom. The number of hydrogen-bond acceptors (Lipinski definition) is 4. The van der Waals surface area contributed by atoms with E-state index in [1.807, 2.05) is 0 Å². The average molecular weight is 495 g/mol. The van der Waals surface area contributed by atoms with Crippen molar-refractivity contribution in [3.05, 3.63) is 54.1 Å². The summed E-state index contributed by atoms with van der Waals surface area (Å²) in [5, 5.41) is 3.43. The maximum atomic E-state index is 14.7. The van der Waals surface area contributed by atoms with Crippen LogP contribution in [0.4, 0.5) is 25.8 Å². The number of benzene rings is 2. The molecule has 1 saturated heterocycles. The third-order valence-electron chi connectivity index (χ3n) is 5.27. The molecular weight excluding hydrogens is 469 g/mol. The summed E-state index contributed by atoms with van der Waals surface area (Å²) < 4.78 is 57.8. The first-order valence-corrected chi connectivity index (χ1v) is 11.0. The van der Waals surface area contributed by atoms with E-state index in [1.54, 1.807) is 6.07 Å². The van der Waals surface area contributed by atoms with Crippen LogP contribution in [0.2, 0.25) is 0 Å². The van der Waals surface area contributed by atoms with Crippen molar-refractivity contribution in [2.24, 2.45) is 0 Å². The highest BCUT2D eigenvalue weighted by Crippen LogP contribution is 2.47. The Hall–Kier alpha value is -1.65. The van der Waals surface area contributed by atoms with E-state index in [-0.39, 0.29) is 60.5 Å². The topological polar surface area (TPSA) is 55.9 Å². The van der Waals surface area contributed by atoms with Crippen molar-refractivity contribution in [1.82, 2.24) is 10.2 Å². The number of halogens is 4. The van der Waals surface area contributed by atoms with Crippen LogP contribution in [0.5, 0.6) is 0 Å². The number of anilines is 3. The highest BCUT2D eigenvalue weighted by molar-refractivity contribution is 7.95. The second-order valence-electron chi connectivity index (χ2n) is 7.63. The third-order valence-corrected chi connectivity index (χ3v) is 7.04. The smallest absolute Gasteiger partial charge is 0.309 e. The van der Waals surface area contributed by atoms with Gasteiger partial charge in [0.25, 0.3) is 0 Å². The highest BCUT2D eigenvalue weighted by atomic mass is 35.5. The summed E-state index contributed by atoms with van der Waals surface area (Å²) in [6, 6.07) is 10.3. The van der Waals surface area contributed by atoms with Crippen LogP contribution >= 0.6 is 24.8 Å². The molecule has 2 aliphatic rings. The van der Waals surface area contributed by atoms with Gasteiger partial charge in [-0.15, -0.1) is 24.8 Å². The molecule has 0 aliphatic carbocycles. The van der Waals surface area contributed by atoms with Gasteiger partial charge in [0, 0.05) is 38.3 Å². The summed E-state index contributed by atoms with van der Waals surface area (Å²) in [4.78, 5) is 2.16. The summed E-state index contributed by atoms with van der Waals surface area (Å²) in [6.45, 7) is 6.24. The third kappa shape index (κ3) is 4.75. The van der Waals surface area contributed by atoms with Crippen molar-refractivity contribution < 1.29 is 17.2 Å². The van der Waals surface area contributed by atoms with Crippen molar-refractivity contribution >= 4 is 52.1 Å². The van der Waals surface area contributed by atoms with E-state index in [0.717, 1.165) is 21.7 Å². The monoisotopic (exact) mass is 494 g/mol. The number of rotatable bonds is 4. The van der Waals surface area contributed by atoms with Gasteiger partial charge in [0.15, 0.2) is 0 Å². The van der Waals surface area contributed by atoms with Crippen LogP contribution in [0, 0.1) is 11.6 Å². The molecule has 0 aromatic heterocycles. The van der Waals surface area contributed by atoms with Gasteiger partial charge in [-0.1, -0.05) is 18.2 Å². The number of para-hydroxylation sites is 2. The lowest BCUT2D eigenvalue weighted by molar-refractivity contribution is 0.178. The predicted molar refractivity (Wildman–Crippen MR) is 124 cm³/mol. The van der Waals surface area contributed by atoms with Crippen LogP contribution < -0.4 is 13.9 Å². The molecule has 1 fully saturated rings. The van der Waals surface area contributed by atoms with Gasteiger partial charge < -0.3 is 5.32 Å².